The molecule has 2 amide bonds. The fourth-order valence-corrected chi connectivity index (χ4v) is 2.92. The quantitative estimate of drug-likeness (QED) is 0.742. The van der Waals surface area contributed by atoms with Crippen LogP contribution >= 0.6 is 0 Å². The Bertz CT molecular complexity index is 940. The minimum absolute atomic E-state index is 0.0530. The summed E-state index contributed by atoms with van der Waals surface area (Å²) in [6.45, 7) is 0.719. The maximum Gasteiger partial charge on any atom is 0.322 e. The molecule has 26 heavy (non-hydrogen) atoms. The number of aromatic nitrogens is 3. The van der Waals surface area contributed by atoms with E-state index in [1.807, 2.05) is 6.07 Å². The van der Waals surface area contributed by atoms with E-state index in [0.717, 1.165) is 5.56 Å². The summed E-state index contributed by atoms with van der Waals surface area (Å²) in [5.41, 5.74) is 1.87. The van der Waals surface area contributed by atoms with Gasteiger partial charge in [-0.15, -0.1) is 0 Å². The van der Waals surface area contributed by atoms with Crippen molar-refractivity contribution in [3.05, 3.63) is 65.7 Å². The van der Waals surface area contributed by atoms with Crippen LogP contribution in [-0.4, -0.2) is 37.3 Å². The molecular formula is C18H16FN5O2. The molecule has 0 atom stereocenters. The average molecular weight is 353 g/mol. The third-order valence-corrected chi connectivity index (χ3v) is 4.26. The number of carbonyl (C=O) groups excluding carboxylic acids is 1. The second kappa shape index (κ2) is 6.47. The number of urea groups is 1. The first kappa shape index (κ1) is 16.1. The van der Waals surface area contributed by atoms with Gasteiger partial charge >= 0.3 is 6.03 Å². The molecule has 1 aliphatic heterocycles. The lowest BCUT2D eigenvalue weighted by Crippen LogP contribution is -2.38. The van der Waals surface area contributed by atoms with Gasteiger partial charge in [0.25, 0.3) is 0 Å². The maximum absolute atomic E-state index is 13.0. The van der Waals surface area contributed by atoms with Crippen LogP contribution in [0.5, 0.6) is 5.88 Å². The van der Waals surface area contributed by atoms with Crippen LogP contribution in [0.25, 0.3) is 5.82 Å². The summed E-state index contributed by atoms with van der Waals surface area (Å²) in [5.74, 6) is 0.208. The van der Waals surface area contributed by atoms with Crippen LogP contribution in [0, 0.1) is 5.82 Å². The van der Waals surface area contributed by atoms with Crippen molar-refractivity contribution in [2.75, 3.05) is 11.9 Å². The van der Waals surface area contributed by atoms with Gasteiger partial charge in [-0.1, -0.05) is 6.07 Å². The van der Waals surface area contributed by atoms with Gasteiger partial charge in [-0.3, -0.25) is 0 Å². The van der Waals surface area contributed by atoms with Crippen molar-refractivity contribution in [3.8, 4) is 11.7 Å². The van der Waals surface area contributed by atoms with Gasteiger partial charge in [-0.05, 0) is 42.8 Å². The fraction of sp³-hybridized carbons (Fsp3) is 0.167. The maximum atomic E-state index is 13.0. The topological polar surface area (TPSA) is 83.3 Å². The van der Waals surface area contributed by atoms with Crippen LogP contribution in [0.2, 0.25) is 0 Å². The van der Waals surface area contributed by atoms with Gasteiger partial charge in [0.05, 0.1) is 12.2 Å². The van der Waals surface area contributed by atoms with Gasteiger partial charge in [-0.2, -0.15) is 9.78 Å². The van der Waals surface area contributed by atoms with E-state index in [-0.39, 0.29) is 24.3 Å². The molecule has 0 aliphatic carbocycles. The highest BCUT2D eigenvalue weighted by Gasteiger charge is 2.27. The highest BCUT2D eigenvalue weighted by molar-refractivity contribution is 5.89. The molecule has 0 bridgehead atoms. The largest absolute Gasteiger partial charge is 0.493 e. The number of rotatable bonds is 2. The van der Waals surface area contributed by atoms with Gasteiger partial charge in [0, 0.05) is 24.0 Å². The number of hydrogen-bond acceptors (Lipinski definition) is 4. The molecule has 8 heteroatoms. The van der Waals surface area contributed by atoms with Crippen molar-refractivity contribution in [2.24, 2.45) is 0 Å². The Balaban J connectivity index is 1.52. The highest BCUT2D eigenvalue weighted by atomic mass is 19.1. The summed E-state index contributed by atoms with van der Waals surface area (Å²) in [4.78, 5) is 18.2. The molecule has 0 spiro atoms. The number of pyridine rings is 1. The first-order valence-electron chi connectivity index (χ1n) is 8.14. The molecular weight excluding hydrogens is 337 g/mol. The van der Waals surface area contributed by atoms with E-state index in [9.17, 15) is 14.3 Å². The van der Waals surface area contributed by atoms with Crippen LogP contribution in [-0.2, 0) is 13.0 Å². The summed E-state index contributed by atoms with van der Waals surface area (Å²) < 4.78 is 14.3. The predicted octanol–water partition coefficient (Wildman–Crippen LogP) is 2.70. The number of nitrogens with one attached hydrogen (secondary N) is 1. The molecule has 1 aliphatic rings. The van der Waals surface area contributed by atoms with Crippen molar-refractivity contribution < 1.29 is 14.3 Å². The Morgan fingerprint density at radius 3 is 2.73 bits per heavy atom. The van der Waals surface area contributed by atoms with E-state index in [4.69, 9.17) is 0 Å². The van der Waals surface area contributed by atoms with Crippen LogP contribution in [0.4, 0.5) is 14.9 Å². The number of hydrogen-bond donors (Lipinski definition) is 2. The summed E-state index contributed by atoms with van der Waals surface area (Å²) in [7, 11) is 0. The van der Waals surface area contributed by atoms with Crippen molar-refractivity contribution in [1.82, 2.24) is 19.7 Å². The number of halogens is 1. The number of carbonyl (C=O) groups is 1. The lowest BCUT2D eigenvalue weighted by molar-refractivity contribution is 0.205. The molecule has 1 aromatic carbocycles. The normalized spacial score (nSPS) is 13.3. The first-order valence-corrected chi connectivity index (χ1v) is 8.14. The van der Waals surface area contributed by atoms with Crippen LogP contribution in [0.1, 0.15) is 11.3 Å². The van der Waals surface area contributed by atoms with Crippen LogP contribution in [0.15, 0.2) is 48.7 Å². The lowest BCUT2D eigenvalue weighted by atomic mass is 10.1. The Morgan fingerprint density at radius 2 is 2.00 bits per heavy atom. The molecule has 2 N–H and O–H groups in total. The van der Waals surface area contributed by atoms with Gasteiger partial charge in [-0.25, -0.2) is 14.2 Å². The summed E-state index contributed by atoms with van der Waals surface area (Å²) in [5, 5.41) is 17.6. The monoisotopic (exact) mass is 353 g/mol. The van der Waals surface area contributed by atoms with E-state index in [0.29, 0.717) is 30.2 Å². The van der Waals surface area contributed by atoms with Gasteiger partial charge in [0.1, 0.15) is 5.82 Å². The van der Waals surface area contributed by atoms with E-state index < -0.39 is 0 Å². The number of anilines is 1. The lowest BCUT2D eigenvalue weighted by Gasteiger charge is -2.26. The molecule has 0 radical (unpaired) electrons. The fourth-order valence-electron chi connectivity index (χ4n) is 2.92. The molecule has 0 fully saturated rings. The van der Waals surface area contributed by atoms with Crippen LogP contribution < -0.4 is 5.32 Å². The Morgan fingerprint density at radius 1 is 1.19 bits per heavy atom. The van der Waals surface area contributed by atoms with Gasteiger partial charge in [0.15, 0.2) is 5.82 Å². The Labute approximate surface area is 148 Å². The van der Waals surface area contributed by atoms with E-state index in [1.54, 1.807) is 23.2 Å². The molecule has 0 unspecified atom stereocenters. The van der Waals surface area contributed by atoms with Crippen molar-refractivity contribution in [2.45, 2.75) is 13.0 Å². The minimum Gasteiger partial charge on any atom is -0.493 e. The smallest absolute Gasteiger partial charge is 0.322 e. The summed E-state index contributed by atoms with van der Waals surface area (Å²) in [6, 6.07) is 10.6. The molecule has 132 valence electrons. The van der Waals surface area contributed by atoms with E-state index in [2.05, 4.69) is 15.4 Å². The van der Waals surface area contributed by atoms with Gasteiger partial charge in [0.2, 0.25) is 5.88 Å². The molecule has 3 aromatic rings. The van der Waals surface area contributed by atoms with Gasteiger partial charge < -0.3 is 15.3 Å². The van der Waals surface area contributed by atoms with Crippen molar-refractivity contribution >= 4 is 11.7 Å². The summed E-state index contributed by atoms with van der Waals surface area (Å²) in [6.07, 6.45) is 2.11. The first-order chi connectivity index (χ1) is 12.6. The molecule has 0 saturated heterocycles. The summed E-state index contributed by atoms with van der Waals surface area (Å²) >= 11 is 0. The third kappa shape index (κ3) is 2.97. The van der Waals surface area contributed by atoms with Crippen molar-refractivity contribution in [3.63, 3.8) is 0 Å². The predicted molar refractivity (Wildman–Crippen MR) is 92.6 cm³/mol. The number of amides is 2. The van der Waals surface area contributed by atoms with E-state index in [1.165, 1.54) is 28.9 Å². The highest BCUT2D eigenvalue weighted by Crippen LogP contribution is 2.29. The molecule has 0 saturated carbocycles. The second-order valence-electron chi connectivity index (χ2n) is 5.96. The molecule has 4 rings (SSSR count). The molecule has 2 aromatic heterocycles. The Kier molecular flexibility index (Phi) is 4.00. The number of nitrogens with zero attached hydrogens (tertiary/aromatic N) is 4. The Hall–Kier alpha value is -3.42. The average Bonchev–Trinajstić information content (AvgIpc) is 3.00. The second-order valence-corrected chi connectivity index (χ2v) is 5.96. The van der Waals surface area contributed by atoms with E-state index >= 15 is 0 Å². The SMILES string of the molecule is O=C(Nc1ccc(F)cc1)N1CCc2c(nn(-c3ccccn3)c2O)C1. The zero-order valence-corrected chi connectivity index (χ0v) is 13.8. The minimum atomic E-state index is -0.360. The number of fused-ring (bicyclic) bond motifs is 1. The molecule has 7 nitrogen and oxygen atoms in total. The number of benzene rings is 1. The van der Waals surface area contributed by atoms with Crippen molar-refractivity contribution in [1.29, 1.82) is 0 Å². The van der Waals surface area contributed by atoms with Crippen LogP contribution in [0.3, 0.4) is 0 Å². The number of aromatic hydroxyl groups is 1. The molecule has 3 heterocycles. The third-order valence-electron chi connectivity index (χ3n) is 4.26. The standard InChI is InChI=1S/C18H16FN5O2/c19-12-4-6-13(7-5-12)21-18(26)23-10-8-14-15(11-23)22-24(17(14)25)16-3-1-2-9-20-16/h1-7,9,25H,8,10-11H2,(H,21,26). The zero-order valence-electron chi connectivity index (χ0n) is 13.8. The zero-order chi connectivity index (χ0) is 18.1.